The first-order chi connectivity index (χ1) is 15.6. The van der Waals surface area contributed by atoms with E-state index in [1.807, 2.05) is 6.92 Å². The number of piperazine rings is 1. The third-order valence-electron chi connectivity index (χ3n) is 6.78. The molecule has 0 bridgehead atoms. The van der Waals surface area contributed by atoms with Gasteiger partial charge < -0.3 is 4.74 Å². The molecule has 1 aliphatic carbocycles. The van der Waals surface area contributed by atoms with Gasteiger partial charge in [0.25, 0.3) is 0 Å². The van der Waals surface area contributed by atoms with Crippen molar-refractivity contribution in [2.45, 2.75) is 70.2 Å². The highest BCUT2D eigenvalue weighted by molar-refractivity contribution is 7.89. The predicted octanol–water partition coefficient (Wildman–Crippen LogP) is 5.03. The first-order valence-electron chi connectivity index (χ1n) is 11.7. The zero-order valence-electron chi connectivity index (χ0n) is 19.5. The number of carbonyl (C=O) groups excluding carboxylic acids is 1. The third-order valence-corrected chi connectivity index (χ3v) is 8.86. The first kappa shape index (κ1) is 28.9. The molecule has 34 heavy (non-hydrogen) atoms. The normalized spacial score (nSPS) is 19.9. The molecule has 1 saturated heterocycles. The number of hydrogen-bond donors (Lipinski definition) is 0. The molecule has 1 aromatic rings. The lowest BCUT2D eigenvalue weighted by Crippen LogP contribution is -2.58. The topological polar surface area (TPSA) is 66.9 Å². The molecule has 0 spiro atoms. The molecule has 0 atom stereocenters. The summed E-state index contributed by atoms with van der Waals surface area (Å²) in [5.41, 5.74) is -0.287. The number of halogens is 4. The van der Waals surface area contributed by atoms with Gasteiger partial charge in [-0.15, -0.1) is 25.6 Å². The minimum Gasteiger partial charge on any atom is -0.405 e. The van der Waals surface area contributed by atoms with E-state index in [1.165, 1.54) is 18.2 Å². The molecule has 3 rings (SSSR count). The first-order valence-corrected chi connectivity index (χ1v) is 13.3. The Morgan fingerprint density at radius 1 is 1.06 bits per heavy atom. The van der Waals surface area contributed by atoms with Crippen LogP contribution in [0.15, 0.2) is 24.3 Å². The molecule has 0 N–H and O–H groups in total. The molecule has 0 aromatic heterocycles. The molecule has 0 radical (unpaired) electrons. The number of sulfonamides is 1. The van der Waals surface area contributed by atoms with Crippen LogP contribution in [0.25, 0.3) is 0 Å². The number of nitrogens with zero attached hydrogens (tertiary/aromatic N) is 2. The van der Waals surface area contributed by atoms with E-state index in [2.05, 4.69) is 9.64 Å². The van der Waals surface area contributed by atoms with E-state index in [0.29, 0.717) is 39.0 Å². The van der Waals surface area contributed by atoms with Gasteiger partial charge in [0, 0.05) is 38.1 Å². The van der Waals surface area contributed by atoms with Crippen molar-refractivity contribution >= 4 is 28.2 Å². The van der Waals surface area contributed by atoms with Gasteiger partial charge in [0.15, 0.2) is 5.78 Å². The Labute approximate surface area is 206 Å². The van der Waals surface area contributed by atoms with Gasteiger partial charge in [-0.1, -0.05) is 38.3 Å². The summed E-state index contributed by atoms with van der Waals surface area (Å²) in [5, 5.41) is 0. The predicted molar refractivity (Wildman–Crippen MR) is 127 cm³/mol. The Kier molecular flexibility index (Phi) is 10.2. The molecule has 1 saturated carbocycles. The van der Waals surface area contributed by atoms with Crippen molar-refractivity contribution in [1.82, 2.24) is 9.21 Å². The quantitative estimate of drug-likeness (QED) is 0.422. The summed E-state index contributed by atoms with van der Waals surface area (Å²) in [6, 6.07) is 5.47. The van der Waals surface area contributed by atoms with Gasteiger partial charge >= 0.3 is 6.36 Å². The van der Waals surface area contributed by atoms with E-state index >= 15 is 0 Å². The molecular weight excluding hydrogens is 493 g/mol. The number of alkyl halides is 3. The minimum absolute atomic E-state index is 0. The second-order valence-corrected chi connectivity index (χ2v) is 11.0. The molecule has 11 heteroatoms. The van der Waals surface area contributed by atoms with Crippen molar-refractivity contribution in [3.8, 4) is 5.75 Å². The number of ketones is 1. The summed E-state index contributed by atoms with van der Waals surface area (Å²) in [7, 11) is -3.24. The summed E-state index contributed by atoms with van der Waals surface area (Å²) in [6.45, 7) is 3.91. The van der Waals surface area contributed by atoms with Crippen LogP contribution in [0.2, 0.25) is 0 Å². The van der Waals surface area contributed by atoms with Gasteiger partial charge in [-0.3, -0.25) is 9.69 Å². The average Bonchev–Trinajstić information content (AvgIpc) is 2.77. The fourth-order valence-corrected chi connectivity index (χ4v) is 6.65. The van der Waals surface area contributed by atoms with Gasteiger partial charge in [0.1, 0.15) is 5.75 Å². The van der Waals surface area contributed by atoms with Gasteiger partial charge in [0.05, 0.1) is 11.3 Å². The second kappa shape index (κ2) is 12.1. The van der Waals surface area contributed by atoms with E-state index < -0.39 is 22.1 Å². The van der Waals surface area contributed by atoms with Crippen LogP contribution >= 0.6 is 12.4 Å². The number of benzene rings is 1. The summed E-state index contributed by atoms with van der Waals surface area (Å²) < 4.78 is 68.7. The van der Waals surface area contributed by atoms with Crippen molar-refractivity contribution in [1.29, 1.82) is 0 Å². The maximum Gasteiger partial charge on any atom is 0.573 e. The van der Waals surface area contributed by atoms with Crippen LogP contribution in [0.1, 0.15) is 68.6 Å². The Hall–Kier alpha value is -1.36. The van der Waals surface area contributed by atoms with E-state index in [9.17, 15) is 26.4 Å². The highest BCUT2D eigenvalue weighted by atomic mass is 35.5. The fraction of sp³-hybridized carbons (Fsp3) is 0.696. The highest BCUT2D eigenvalue weighted by Crippen LogP contribution is 2.39. The van der Waals surface area contributed by atoms with Gasteiger partial charge in [-0.25, -0.2) is 8.42 Å². The molecule has 2 fully saturated rings. The molecule has 194 valence electrons. The molecular formula is C23H34ClF3N2O4S. The maximum absolute atomic E-state index is 12.9. The van der Waals surface area contributed by atoms with E-state index in [1.54, 1.807) is 4.31 Å². The Morgan fingerprint density at radius 3 is 2.26 bits per heavy atom. The third kappa shape index (κ3) is 7.32. The Balaban J connectivity index is 0.00000408. The summed E-state index contributed by atoms with van der Waals surface area (Å²) in [5.74, 6) is -0.696. The van der Waals surface area contributed by atoms with E-state index in [0.717, 1.165) is 38.2 Å². The van der Waals surface area contributed by atoms with Crippen molar-refractivity contribution in [2.24, 2.45) is 0 Å². The van der Waals surface area contributed by atoms with Gasteiger partial charge in [-0.05, 0) is 37.8 Å². The van der Waals surface area contributed by atoms with Crippen LogP contribution in [-0.2, 0) is 10.0 Å². The van der Waals surface area contributed by atoms with Crippen molar-refractivity contribution < 1.29 is 31.1 Å². The van der Waals surface area contributed by atoms with Crippen LogP contribution in [0.5, 0.6) is 5.75 Å². The highest BCUT2D eigenvalue weighted by Gasteiger charge is 2.41. The van der Waals surface area contributed by atoms with Crippen LogP contribution in [0, 0.1) is 0 Å². The number of ether oxygens (including phenoxy) is 1. The number of carbonyl (C=O) groups is 1. The lowest BCUT2D eigenvalue weighted by Gasteiger charge is -2.50. The number of hydrogen-bond acceptors (Lipinski definition) is 5. The number of para-hydroxylation sites is 1. The average molecular weight is 527 g/mol. The molecule has 6 nitrogen and oxygen atoms in total. The van der Waals surface area contributed by atoms with Crippen LogP contribution in [0.3, 0.4) is 0 Å². The van der Waals surface area contributed by atoms with Crippen molar-refractivity contribution in [2.75, 3.05) is 31.9 Å². The lowest BCUT2D eigenvalue weighted by atomic mass is 9.76. The number of rotatable bonds is 9. The molecule has 0 unspecified atom stereocenters. The SMILES string of the molecule is CCCS(=O)(=O)N1CCN(C2(CCC(=O)c3ccccc3OC(F)(F)F)CCCCC2)CC1.Cl. The molecule has 1 aromatic carbocycles. The zero-order valence-corrected chi connectivity index (χ0v) is 21.1. The van der Waals surface area contributed by atoms with Gasteiger partial charge in [-0.2, -0.15) is 4.31 Å². The van der Waals surface area contributed by atoms with Crippen molar-refractivity contribution in [3.05, 3.63) is 29.8 Å². The van der Waals surface area contributed by atoms with E-state index in [-0.39, 0.29) is 41.5 Å². The minimum atomic E-state index is -4.86. The molecule has 1 aliphatic heterocycles. The smallest absolute Gasteiger partial charge is 0.405 e. The molecule has 2 aliphatic rings. The standard InChI is InChI=1S/C23H33F3N2O4S.ClH/c1-2-18-33(30,31)28-16-14-27(15-17-28)22(11-6-3-7-12-22)13-10-20(29)19-8-4-5-9-21(19)32-23(24,25)26;/h4-5,8-9H,2-3,6-7,10-18H2,1H3;1H. The zero-order chi connectivity index (χ0) is 24.1. The monoisotopic (exact) mass is 526 g/mol. The fourth-order valence-electron chi connectivity index (χ4n) is 5.15. The Morgan fingerprint density at radius 2 is 1.68 bits per heavy atom. The number of Topliss-reactive ketones (excluding diaryl/α,β-unsaturated/α-hetero) is 1. The maximum atomic E-state index is 12.9. The van der Waals surface area contributed by atoms with Gasteiger partial charge in [0.2, 0.25) is 10.0 Å². The largest absolute Gasteiger partial charge is 0.573 e. The Bertz CT molecular complexity index is 913. The van der Waals surface area contributed by atoms with Crippen LogP contribution < -0.4 is 4.74 Å². The van der Waals surface area contributed by atoms with E-state index in [4.69, 9.17) is 0 Å². The lowest BCUT2D eigenvalue weighted by molar-refractivity contribution is -0.274. The van der Waals surface area contributed by atoms with Crippen molar-refractivity contribution in [3.63, 3.8) is 0 Å². The second-order valence-electron chi connectivity index (χ2n) is 8.95. The summed E-state index contributed by atoms with van der Waals surface area (Å²) in [6.07, 6.45) is 1.34. The summed E-state index contributed by atoms with van der Waals surface area (Å²) >= 11 is 0. The van der Waals surface area contributed by atoms with Crippen LogP contribution in [-0.4, -0.2) is 67.2 Å². The molecule has 0 amide bonds. The van der Waals surface area contributed by atoms with Crippen LogP contribution in [0.4, 0.5) is 13.2 Å². The molecule has 1 heterocycles. The summed E-state index contributed by atoms with van der Waals surface area (Å²) in [4.78, 5) is 15.2.